The Morgan fingerprint density at radius 2 is 2.23 bits per heavy atom. The summed E-state index contributed by atoms with van der Waals surface area (Å²) >= 11 is 0. The lowest BCUT2D eigenvalue weighted by atomic mass is 9.95. The summed E-state index contributed by atoms with van der Waals surface area (Å²) in [5, 5.41) is 16.0. The van der Waals surface area contributed by atoms with Crippen molar-refractivity contribution in [3.05, 3.63) is 18.0 Å². The molecule has 0 unspecified atom stereocenters. The van der Waals surface area contributed by atoms with Crippen LogP contribution in [-0.4, -0.2) is 51.5 Å². The second kappa shape index (κ2) is 5.66. The fourth-order valence-corrected chi connectivity index (χ4v) is 3.57. The highest BCUT2D eigenvalue weighted by molar-refractivity contribution is 5.21. The van der Waals surface area contributed by atoms with Crippen molar-refractivity contribution in [1.29, 1.82) is 0 Å². The Morgan fingerprint density at radius 1 is 1.41 bits per heavy atom. The van der Waals surface area contributed by atoms with Gasteiger partial charge < -0.3 is 9.84 Å². The molecule has 0 saturated carbocycles. The van der Waals surface area contributed by atoms with Gasteiger partial charge in [0.25, 0.3) is 0 Å². The number of ether oxygens (including phenoxy) is 1. The molecular formula is C14H18F3N3O2. The van der Waals surface area contributed by atoms with Crippen molar-refractivity contribution in [2.45, 2.75) is 43.4 Å². The van der Waals surface area contributed by atoms with Gasteiger partial charge in [-0.05, 0) is 32.2 Å². The number of aliphatic hydroxyl groups is 1. The van der Waals surface area contributed by atoms with Crippen LogP contribution in [0.5, 0.6) is 5.75 Å². The van der Waals surface area contributed by atoms with Gasteiger partial charge in [0, 0.05) is 17.6 Å². The molecule has 1 aromatic rings. The maximum Gasteiger partial charge on any atom is 0.435 e. The number of halogens is 3. The van der Waals surface area contributed by atoms with Gasteiger partial charge in [0.05, 0.1) is 12.8 Å². The van der Waals surface area contributed by atoms with Gasteiger partial charge in [0.2, 0.25) is 0 Å². The van der Waals surface area contributed by atoms with Crippen LogP contribution < -0.4 is 4.74 Å². The van der Waals surface area contributed by atoms with Gasteiger partial charge in [-0.3, -0.25) is 4.90 Å². The molecular weight excluding hydrogens is 299 g/mol. The molecule has 0 aliphatic carbocycles. The minimum Gasteiger partial charge on any atom is -0.490 e. The Kier molecular flexibility index (Phi) is 3.98. The van der Waals surface area contributed by atoms with Crippen LogP contribution in [0.1, 0.15) is 31.4 Å². The first-order valence-electron chi connectivity index (χ1n) is 7.35. The van der Waals surface area contributed by atoms with Crippen LogP contribution in [0.2, 0.25) is 0 Å². The SMILES string of the molecule is OC[C@@]12CCCN1[C@H](COc1cnnc(C(F)(F)F)c1)CC2. The maximum atomic E-state index is 12.6. The van der Waals surface area contributed by atoms with Crippen molar-refractivity contribution < 1.29 is 23.0 Å². The molecule has 5 nitrogen and oxygen atoms in total. The topological polar surface area (TPSA) is 58.5 Å². The highest BCUT2D eigenvalue weighted by Gasteiger charge is 2.48. The number of fused-ring (bicyclic) bond motifs is 1. The molecule has 2 atom stereocenters. The van der Waals surface area contributed by atoms with E-state index in [9.17, 15) is 18.3 Å². The Bertz CT molecular complexity index is 540. The third-order valence-electron chi connectivity index (χ3n) is 4.69. The van der Waals surface area contributed by atoms with Gasteiger partial charge in [0.15, 0.2) is 5.69 Å². The number of alkyl halides is 3. The zero-order valence-corrected chi connectivity index (χ0v) is 12.0. The van der Waals surface area contributed by atoms with Crippen LogP contribution in [0.25, 0.3) is 0 Å². The zero-order valence-electron chi connectivity index (χ0n) is 12.0. The quantitative estimate of drug-likeness (QED) is 0.918. The van der Waals surface area contributed by atoms with E-state index in [2.05, 4.69) is 15.1 Å². The van der Waals surface area contributed by atoms with Crippen LogP contribution in [0.3, 0.4) is 0 Å². The second-order valence-electron chi connectivity index (χ2n) is 5.96. The summed E-state index contributed by atoms with van der Waals surface area (Å²) in [6.07, 6.45) is 0.445. The molecule has 2 saturated heterocycles. The van der Waals surface area contributed by atoms with E-state index in [0.29, 0.717) is 6.61 Å². The van der Waals surface area contributed by atoms with Crippen LogP contribution in [0, 0.1) is 0 Å². The number of hydrogen-bond donors (Lipinski definition) is 1. The Morgan fingerprint density at radius 3 is 2.95 bits per heavy atom. The summed E-state index contributed by atoms with van der Waals surface area (Å²) in [4.78, 5) is 2.24. The second-order valence-corrected chi connectivity index (χ2v) is 5.96. The number of hydrogen-bond acceptors (Lipinski definition) is 5. The third-order valence-corrected chi connectivity index (χ3v) is 4.69. The lowest BCUT2D eigenvalue weighted by Crippen LogP contribution is -2.46. The fourth-order valence-electron chi connectivity index (χ4n) is 3.57. The molecule has 0 aromatic carbocycles. The first kappa shape index (κ1) is 15.5. The molecule has 122 valence electrons. The average Bonchev–Trinajstić information content (AvgIpc) is 3.04. The van der Waals surface area contributed by atoms with Crippen LogP contribution in [-0.2, 0) is 6.18 Å². The maximum absolute atomic E-state index is 12.6. The van der Waals surface area contributed by atoms with Gasteiger partial charge in [-0.25, -0.2) is 0 Å². The fraction of sp³-hybridized carbons (Fsp3) is 0.714. The standard InChI is InChI=1S/C14H18F3N3O2/c15-14(16,17)12-6-11(7-18-19-12)22-8-10-2-4-13(9-21)3-1-5-20(10)13/h6-7,10,21H,1-5,8-9H2/t10-,13-/m0/s1. The summed E-state index contributed by atoms with van der Waals surface area (Å²) in [5.41, 5.74) is -1.20. The minimum atomic E-state index is -4.53. The summed E-state index contributed by atoms with van der Waals surface area (Å²) in [7, 11) is 0. The molecule has 0 spiro atoms. The first-order valence-corrected chi connectivity index (χ1v) is 7.35. The van der Waals surface area contributed by atoms with Crippen molar-refractivity contribution in [2.24, 2.45) is 0 Å². The molecule has 2 aliphatic heterocycles. The zero-order chi connectivity index (χ0) is 15.8. The normalized spacial score (nSPS) is 28.8. The lowest BCUT2D eigenvalue weighted by Gasteiger charge is -2.33. The molecule has 0 radical (unpaired) electrons. The van der Waals surface area contributed by atoms with Gasteiger partial charge in [-0.15, -0.1) is 5.10 Å². The Labute approximate surface area is 126 Å². The molecule has 22 heavy (non-hydrogen) atoms. The van der Waals surface area contributed by atoms with Crippen molar-refractivity contribution in [3.8, 4) is 5.75 Å². The molecule has 8 heteroatoms. The van der Waals surface area contributed by atoms with E-state index in [0.717, 1.165) is 38.3 Å². The predicted molar refractivity (Wildman–Crippen MR) is 71.3 cm³/mol. The van der Waals surface area contributed by atoms with E-state index in [1.165, 1.54) is 6.20 Å². The summed E-state index contributed by atoms with van der Waals surface area (Å²) < 4.78 is 43.3. The van der Waals surface area contributed by atoms with E-state index >= 15 is 0 Å². The molecule has 2 fully saturated rings. The summed E-state index contributed by atoms with van der Waals surface area (Å²) in [6, 6.07) is 0.989. The van der Waals surface area contributed by atoms with E-state index in [-0.39, 0.29) is 23.9 Å². The Hall–Kier alpha value is -1.41. The number of aliphatic hydroxyl groups excluding tert-OH is 1. The van der Waals surface area contributed by atoms with Crippen molar-refractivity contribution in [3.63, 3.8) is 0 Å². The van der Waals surface area contributed by atoms with Crippen LogP contribution in [0.15, 0.2) is 12.3 Å². The average molecular weight is 317 g/mol. The summed E-state index contributed by atoms with van der Waals surface area (Å²) in [6.45, 7) is 1.32. The highest BCUT2D eigenvalue weighted by atomic mass is 19.4. The highest BCUT2D eigenvalue weighted by Crippen LogP contribution is 2.42. The van der Waals surface area contributed by atoms with Crippen molar-refractivity contribution in [1.82, 2.24) is 15.1 Å². The Balaban J connectivity index is 1.64. The molecule has 0 amide bonds. The monoisotopic (exact) mass is 317 g/mol. The number of aromatic nitrogens is 2. The van der Waals surface area contributed by atoms with Crippen LogP contribution >= 0.6 is 0 Å². The van der Waals surface area contributed by atoms with Gasteiger partial charge >= 0.3 is 6.18 Å². The lowest BCUT2D eigenvalue weighted by molar-refractivity contribution is -0.141. The minimum absolute atomic E-state index is 0.0722. The first-order chi connectivity index (χ1) is 10.4. The van der Waals surface area contributed by atoms with E-state index in [1.54, 1.807) is 0 Å². The molecule has 2 aliphatic rings. The molecule has 1 aromatic heterocycles. The molecule has 3 rings (SSSR count). The smallest absolute Gasteiger partial charge is 0.435 e. The number of rotatable bonds is 4. The predicted octanol–water partition coefficient (Wildman–Crippen LogP) is 1.86. The van der Waals surface area contributed by atoms with E-state index in [4.69, 9.17) is 4.74 Å². The third kappa shape index (κ3) is 2.77. The van der Waals surface area contributed by atoms with Gasteiger partial charge in [0.1, 0.15) is 12.4 Å². The largest absolute Gasteiger partial charge is 0.490 e. The molecule has 0 bridgehead atoms. The van der Waals surface area contributed by atoms with E-state index < -0.39 is 11.9 Å². The van der Waals surface area contributed by atoms with Crippen LogP contribution in [0.4, 0.5) is 13.2 Å². The van der Waals surface area contributed by atoms with Crippen molar-refractivity contribution in [2.75, 3.05) is 19.8 Å². The summed E-state index contributed by atoms with van der Waals surface area (Å²) in [5.74, 6) is 0.0722. The molecule has 1 N–H and O–H groups in total. The van der Waals surface area contributed by atoms with Gasteiger partial charge in [-0.2, -0.15) is 18.3 Å². The molecule has 3 heterocycles. The van der Waals surface area contributed by atoms with E-state index in [1.807, 2.05) is 0 Å². The number of nitrogens with zero attached hydrogens (tertiary/aromatic N) is 3. The van der Waals surface area contributed by atoms with Gasteiger partial charge in [-0.1, -0.05) is 0 Å². The van der Waals surface area contributed by atoms with Crippen molar-refractivity contribution >= 4 is 0 Å².